The van der Waals surface area contributed by atoms with Gasteiger partial charge in [0.1, 0.15) is 4.90 Å². The molecule has 0 aliphatic heterocycles. The van der Waals surface area contributed by atoms with E-state index >= 15 is 0 Å². The second-order valence-corrected chi connectivity index (χ2v) is 7.73. The van der Waals surface area contributed by atoms with Crippen LogP contribution in [0.4, 0.5) is 0 Å². The van der Waals surface area contributed by atoms with Crippen LogP contribution in [0.5, 0.6) is 0 Å². The minimum Gasteiger partial charge on any atom is -0.459 e. The summed E-state index contributed by atoms with van der Waals surface area (Å²) in [5.41, 5.74) is 0. The maximum absolute atomic E-state index is 12.2. The summed E-state index contributed by atoms with van der Waals surface area (Å²) >= 11 is 11.7. The van der Waals surface area contributed by atoms with Crippen LogP contribution >= 0.6 is 23.2 Å². The lowest BCUT2D eigenvalue weighted by Gasteiger charge is -2.10. The SMILES string of the molecule is O=C(COC(=O)CCNS(=O)(=O)c1c(Cl)cccc1Cl)NC(=O)c1ccco1. The summed E-state index contributed by atoms with van der Waals surface area (Å²) in [4.78, 5) is 34.4. The quantitative estimate of drug-likeness (QED) is 0.587. The molecule has 12 heteroatoms. The van der Waals surface area contributed by atoms with E-state index in [1.165, 1.54) is 36.6 Å². The number of halogens is 2. The molecule has 9 nitrogen and oxygen atoms in total. The molecule has 0 aliphatic rings. The van der Waals surface area contributed by atoms with E-state index in [4.69, 9.17) is 27.6 Å². The van der Waals surface area contributed by atoms with E-state index < -0.39 is 34.4 Å². The largest absolute Gasteiger partial charge is 0.459 e. The third kappa shape index (κ3) is 6.06. The van der Waals surface area contributed by atoms with E-state index in [-0.39, 0.29) is 33.7 Å². The van der Waals surface area contributed by atoms with Crippen molar-refractivity contribution in [1.29, 1.82) is 0 Å². The highest BCUT2D eigenvalue weighted by atomic mass is 35.5. The molecule has 1 aromatic carbocycles. The fraction of sp³-hybridized carbons (Fsp3) is 0.188. The first kappa shape index (κ1) is 21.9. The van der Waals surface area contributed by atoms with Gasteiger partial charge < -0.3 is 9.15 Å². The van der Waals surface area contributed by atoms with Gasteiger partial charge >= 0.3 is 5.97 Å². The van der Waals surface area contributed by atoms with Gasteiger partial charge in [-0.15, -0.1) is 0 Å². The molecular weight excluding hydrogens is 435 g/mol. The minimum absolute atomic E-state index is 0.0690. The minimum atomic E-state index is -4.05. The van der Waals surface area contributed by atoms with Gasteiger partial charge in [0.25, 0.3) is 11.8 Å². The van der Waals surface area contributed by atoms with Crippen molar-refractivity contribution in [3.63, 3.8) is 0 Å². The van der Waals surface area contributed by atoms with Gasteiger partial charge in [0.2, 0.25) is 10.0 Å². The molecule has 2 N–H and O–H groups in total. The first-order chi connectivity index (χ1) is 13.2. The fourth-order valence-corrected chi connectivity index (χ4v) is 4.12. The van der Waals surface area contributed by atoms with Crippen LogP contribution in [0.1, 0.15) is 17.0 Å². The molecule has 0 unspecified atom stereocenters. The third-order valence-electron chi connectivity index (χ3n) is 3.17. The molecule has 0 saturated heterocycles. The number of nitrogens with one attached hydrogen (secondary N) is 2. The molecule has 0 aliphatic carbocycles. The van der Waals surface area contributed by atoms with Gasteiger partial charge in [-0.25, -0.2) is 13.1 Å². The normalized spacial score (nSPS) is 11.1. The van der Waals surface area contributed by atoms with Crippen molar-refractivity contribution in [2.45, 2.75) is 11.3 Å². The van der Waals surface area contributed by atoms with Crippen LogP contribution < -0.4 is 10.0 Å². The molecule has 1 aromatic heterocycles. The number of carbonyl (C=O) groups excluding carboxylic acids is 3. The molecule has 1 heterocycles. The first-order valence-electron chi connectivity index (χ1n) is 7.67. The van der Waals surface area contributed by atoms with Crippen LogP contribution in [-0.4, -0.2) is 39.4 Å². The fourth-order valence-electron chi connectivity index (χ4n) is 1.95. The summed E-state index contributed by atoms with van der Waals surface area (Å²) in [5.74, 6) is -2.57. The maximum Gasteiger partial charge on any atom is 0.307 e. The highest BCUT2D eigenvalue weighted by Gasteiger charge is 2.21. The lowest BCUT2D eigenvalue weighted by Crippen LogP contribution is -2.34. The molecular formula is C16H14Cl2N2O7S. The average molecular weight is 449 g/mol. The molecule has 0 saturated carbocycles. The van der Waals surface area contributed by atoms with Crippen molar-refractivity contribution in [3.8, 4) is 0 Å². The Morgan fingerprint density at radius 1 is 1.07 bits per heavy atom. The lowest BCUT2D eigenvalue weighted by molar-refractivity contribution is -0.148. The molecule has 28 heavy (non-hydrogen) atoms. The molecule has 0 atom stereocenters. The topological polar surface area (TPSA) is 132 Å². The van der Waals surface area contributed by atoms with Gasteiger partial charge in [0.15, 0.2) is 12.4 Å². The Hall–Kier alpha value is -2.40. The monoisotopic (exact) mass is 448 g/mol. The molecule has 0 bridgehead atoms. The number of imide groups is 1. The zero-order valence-corrected chi connectivity index (χ0v) is 16.4. The highest BCUT2D eigenvalue weighted by molar-refractivity contribution is 7.89. The summed E-state index contributed by atoms with van der Waals surface area (Å²) in [5, 5.41) is 1.82. The molecule has 150 valence electrons. The zero-order valence-electron chi connectivity index (χ0n) is 14.1. The van der Waals surface area contributed by atoms with Gasteiger partial charge in [-0.2, -0.15) is 0 Å². The summed E-state index contributed by atoms with van der Waals surface area (Å²) in [6, 6.07) is 7.03. The van der Waals surface area contributed by atoms with Crippen LogP contribution in [0.25, 0.3) is 0 Å². The highest BCUT2D eigenvalue weighted by Crippen LogP contribution is 2.28. The van der Waals surface area contributed by atoms with Crippen molar-refractivity contribution in [3.05, 3.63) is 52.4 Å². The number of sulfonamides is 1. The van der Waals surface area contributed by atoms with Gasteiger partial charge in [0, 0.05) is 6.54 Å². The van der Waals surface area contributed by atoms with E-state index in [0.717, 1.165) is 0 Å². The lowest BCUT2D eigenvalue weighted by atomic mass is 10.4. The Kier molecular flexibility index (Phi) is 7.58. The molecule has 0 spiro atoms. The number of carbonyl (C=O) groups is 3. The number of furan rings is 1. The van der Waals surface area contributed by atoms with Crippen LogP contribution in [0.3, 0.4) is 0 Å². The number of benzene rings is 1. The smallest absolute Gasteiger partial charge is 0.307 e. The number of esters is 1. The molecule has 0 radical (unpaired) electrons. The van der Waals surface area contributed by atoms with E-state index in [1.807, 2.05) is 5.32 Å². The number of hydrogen-bond acceptors (Lipinski definition) is 7. The van der Waals surface area contributed by atoms with E-state index in [2.05, 4.69) is 9.46 Å². The van der Waals surface area contributed by atoms with Crippen LogP contribution in [0.15, 0.2) is 45.9 Å². The molecule has 2 rings (SSSR count). The number of hydrogen-bond donors (Lipinski definition) is 2. The summed E-state index contributed by atoms with van der Waals surface area (Å²) in [6.45, 7) is -1.02. The standard InChI is InChI=1S/C16H14Cl2N2O7S/c17-10-3-1-4-11(18)15(10)28(24,25)19-7-6-14(22)27-9-13(21)20-16(23)12-5-2-8-26-12/h1-5,8,19H,6-7,9H2,(H,20,21,23). The van der Waals surface area contributed by atoms with E-state index in [1.54, 1.807) is 0 Å². The Labute approximate surface area is 170 Å². The van der Waals surface area contributed by atoms with Gasteiger partial charge in [-0.05, 0) is 24.3 Å². The average Bonchev–Trinajstić information content (AvgIpc) is 3.14. The second kappa shape index (κ2) is 9.69. The molecule has 2 aromatic rings. The van der Waals surface area contributed by atoms with Crippen molar-refractivity contribution >= 4 is 51.0 Å². The van der Waals surface area contributed by atoms with E-state index in [0.29, 0.717) is 0 Å². The molecule has 0 fully saturated rings. The van der Waals surface area contributed by atoms with Crippen LogP contribution in [0, 0.1) is 0 Å². The Balaban J connectivity index is 1.76. The summed E-state index contributed by atoms with van der Waals surface area (Å²) in [7, 11) is -4.05. The Morgan fingerprint density at radius 3 is 2.36 bits per heavy atom. The van der Waals surface area contributed by atoms with Crippen molar-refractivity contribution < 1.29 is 32.0 Å². The number of amides is 2. The van der Waals surface area contributed by atoms with Crippen molar-refractivity contribution in [2.24, 2.45) is 0 Å². The van der Waals surface area contributed by atoms with Gasteiger partial charge in [0.05, 0.1) is 22.7 Å². The molecule has 2 amide bonds. The Bertz CT molecular complexity index is 955. The number of ether oxygens (including phenoxy) is 1. The third-order valence-corrected chi connectivity index (χ3v) is 5.59. The van der Waals surface area contributed by atoms with Crippen LogP contribution in [-0.2, 0) is 24.3 Å². The maximum atomic E-state index is 12.2. The van der Waals surface area contributed by atoms with E-state index in [9.17, 15) is 22.8 Å². The van der Waals surface area contributed by atoms with Crippen molar-refractivity contribution in [1.82, 2.24) is 10.0 Å². The van der Waals surface area contributed by atoms with Gasteiger partial charge in [-0.1, -0.05) is 29.3 Å². The Morgan fingerprint density at radius 2 is 1.75 bits per heavy atom. The second-order valence-electron chi connectivity index (χ2n) is 5.21. The van der Waals surface area contributed by atoms with Crippen LogP contribution in [0.2, 0.25) is 10.0 Å². The predicted molar refractivity (Wildman–Crippen MR) is 98.4 cm³/mol. The number of rotatable bonds is 8. The predicted octanol–water partition coefficient (Wildman–Crippen LogP) is 1.75. The summed E-state index contributed by atoms with van der Waals surface area (Å²) < 4.78 is 36.1. The summed E-state index contributed by atoms with van der Waals surface area (Å²) in [6.07, 6.45) is 0.900. The zero-order chi connectivity index (χ0) is 20.7. The van der Waals surface area contributed by atoms with Crippen molar-refractivity contribution in [2.75, 3.05) is 13.2 Å². The van der Waals surface area contributed by atoms with Gasteiger partial charge in [-0.3, -0.25) is 19.7 Å². The first-order valence-corrected chi connectivity index (χ1v) is 9.91.